The lowest BCUT2D eigenvalue weighted by atomic mass is 9.96. The standard InChI is InChI=1S/C36H54N6O4/c1-27-23-42(28(2)26-45-20-19-41-17-7-8-18-41)35(43)22-30-21-32(39-36(44)38-31-9-5-4-6-10-31)11-12-33(30)46-34(27)25-40(3)24-29-13-15-37-16-14-29/h11-16,21,27-28,31,34H,4-10,17-20,22-26H2,1-3H3,(H2,38,39,44)/t27?,28-,34-/m0/s1. The van der Waals surface area contributed by atoms with E-state index in [1.54, 1.807) is 0 Å². The van der Waals surface area contributed by atoms with Gasteiger partial charge in [-0.2, -0.15) is 0 Å². The van der Waals surface area contributed by atoms with E-state index in [1.807, 2.05) is 47.6 Å². The quantitative estimate of drug-likeness (QED) is 0.319. The summed E-state index contributed by atoms with van der Waals surface area (Å²) in [7, 11) is 2.10. The van der Waals surface area contributed by atoms with Gasteiger partial charge in [-0.05, 0) is 88.6 Å². The first kappa shape index (κ1) is 34.1. The van der Waals surface area contributed by atoms with Crippen LogP contribution in [0.5, 0.6) is 5.75 Å². The Morgan fingerprint density at radius 3 is 2.63 bits per heavy atom. The highest BCUT2D eigenvalue weighted by molar-refractivity contribution is 5.90. The lowest BCUT2D eigenvalue weighted by molar-refractivity contribution is -0.134. The van der Waals surface area contributed by atoms with Gasteiger partial charge in [0.1, 0.15) is 11.9 Å². The van der Waals surface area contributed by atoms with Crippen LogP contribution in [0.1, 0.15) is 69.9 Å². The molecule has 3 heterocycles. The van der Waals surface area contributed by atoms with Crippen LogP contribution in [0.4, 0.5) is 10.5 Å². The lowest BCUT2D eigenvalue weighted by Gasteiger charge is -2.34. The van der Waals surface area contributed by atoms with Gasteiger partial charge >= 0.3 is 6.03 Å². The van der Waals surface area contributed by atoms with Gasteiger partial charge in [-0.1, -0.05) is 26.2 Å². The van der Waals surface area contributed by atoms with Crippen LogP contribution in [0.25, 0.3) is 0 Å². The molecular weight excluding hydrogens is 580 g/mol. The number of urea groups is 1. The minimum atomic E-state index is -0.201. The number of hydrogen-bond acceptors (Lipinski definition) is 7. The molecule has 1 aliphatic carbocycles. The first-order chi connectivity index (χ1) is 22.3. The van der Waals surface area contributed by atoms with Crippen molar-refractivity contribution in [1.82, 2.24) is 25.0 Å². The lowest BCUT2D eigenvalue weighted by Crippen LogP contribution is -2.48. The largest absolute Gasteiger partial charge is 0.488 e. The number of nitrogens with one attached hydrogen (secondary N) is 2. The number of benzene rings is 1. The summed E-state index contributed by atoms with van der Waals surface area (Å²) in [6.45, 7) is 10.7. The van der Waals surface area contributed by atoms with E-state index in [0.29, 0.717) is 37.7 Å². The van der Waals surface area contributed by atoms with E-state index in [-0.39, 0.29) is 42.5 Å². The molecule has 5 rings (SSSR count). The average molecular weight is 635 g/mol. The van der Waals surface area contributed by atoms with Crippen LogP contribution < -0.4 is 15.4 Å². The van der Waals surface area contributed by atoms with Crippen LogP contribution in [0, 0.1) is 5.92 Å². The maximum absolute atomic E-state index is 14.0. The molecule has 2 N–H and O–H groups in total. The zero-order valence-corrected chi connectivity index (χ0v) is 28.1. The number of aromatic nitrogens is 1. The Bertz CT molecular complexity index is 1250. The van der Waals surface area contributed by atoms with E-state index in [2.05, 4.69) is 46.3 Å². The highest BCUT2D eigenvalue weighted by Crippen LogP contribution is 2.29. The van der Waals surface area contributed by atoms with Gasteiger partial charge in [-0.3, -0.25) is 14.7 Å². The number of likely N-dealkylation sites (tertiary alicyclic amines) is 1. The summed E-state index contributed by atoms with van der Waals surface area (Å²) in [5.74, 6) is 0.806. The molecule has 0 spiro atoms. The molecule has 2 fully saturated rings. The Labute approximate surface area is 275 Å². The van der Waals surface area contributed by atoms with Crippen LogP contribution in [0.3, 0.4) is 0 Å². The van der Waals surface area contributed by atoms with Crippen molar-refractivity contribution in [3.05, 3.63) is 53.9 Å². The van der Waals surface area contributed by atoms with E-state index in [4.69, 9.17) is 9.47 Å². The molecule has 2 aromatic rings. The summed E-state index contributed by atoms with van der Waals surface area (Å²) in [6, 6.07) is 9.68. The maximum Gasteiger partial charge on any atom is 0.319 e. The van der Waals surface area contributed by atoms with Crippen LogP contribution in [-0.2, 0) is 22.5 Å². The number of ether oxygens (including phenoxy) is 2. The van der Waals surface area contributed by atoms with E-state index in [0.717, 1.165) is 57.4 Å². The molecule has 1 aromatic carbocycles. The highest BCUT2D eigenvalue weighted by atomic mass is 16.5. The summed E-state index contributed by atoms with van der Waals surface area (Å²) in [5, 5.41) is 6.13. The first-order valence-electron chi connectivity index (χ1n) is 17.4. The summed E-state index contributed by atoms with van der Waals surface area (Å²) in [5.41, 5.74) is 2.63. The Kier molecular flexibility index (Phi) is 12.7. The van der Waals surface area contributed by atoms with E-state index >= 15 is 0 Å². The van der Waals surface area contributed by atoms with Gasteiger partial charge in [0.15, 0.2) is 0 Å². The Hall–Kier alpha value is -3.21. The van der Waals surface area contributed by atoms with Gasteiger partial charge in [-0.15, -0.1) is 0 Å². The highest BCUT2D eigenvalue weighted by Gasteiger charge is 2.31. The zero-order chi connectivity index (χ0) is 32.3. The Balaban J connectivity index is 1.30. The van der Waals surface area contributed by atoms with E-state index in [9.17, 15) is 9.59 Å². The molecule has 1 saturated heterocycles. The molecule has 0 radical (unpaired) electrons. The van der Waals surface area contributed by atoms with E-state index in [1.165, 1.54) is 24.8 Å². The second kappa shape index (κ2) is 17.1. The third-order valence-electron chi connectivity index (χ3n) is 9.65. The topological polar surface area (TPSA) is 99.3 Å². The number of nitrogens with zero attached hydrogens (tertiary/aromatic N) is 4. The summed E-state index contributed by atoms with van der Waals surface area (Å²) < 4.78 is 12.9. The van der Waals surface area contributed by atoms with Gasteiger partial charge in [0.25, 0.3) is 0 Å². The van der Waals surface area contributed by atoms with Crippen molar-refractivity contribution in [1.29, 1.82) is 0 Å². The number of likely N-dealkylation sites (N-methyl/N-ethyl adjacent to an activating group) is 1. The van der Waals surface area contributed by atoms with Crippen LogP contribution in [0.15, 0.2) is 42.7 Å². The van der Waals surface area contributed by atoms with Crippen molar-refractivity contribution in [3.63, 3.8) is 0 Å². The molecule has 1 unspecified atom stereocenters. The third kappa shape index (κ3) is 10.1. The van der Waals surface area contributed by atoms with Crippen molar-refractivity contribution in [2.75, 3.05) is 58.3 Å². The van der Waals surface area contributed by atoms with Gasteiger partial charge in [0, 0.05) is 61.8 Å². The second-order valence-corrected chi connectivity index (χ2v) is 13.6. The molecule has 1 aromatic heterocycles. The summed E-state index contributed by atoms with van der Waals surface area (Å²) >= 11 is 0. The van der Waals surface area contributed by atoms with Gasteiger partial charge < -0.3 is 29.9 Å². The average Bonchev–Trinajstić information content (AvgIpc) is 3.57. The van der Waals surface area contributed by atoms with Crippen LogP contribution >= 0.6 is 0 Å². The minimum absolute atomic E-state index is 0.0435. The number of fused-ring (bicyclic) bond motifs is 1. The molecule has 46 heavy (non-hydrogen) atoms. The predicted octanol–water partition coefficient (Wildman–Crippen LogP) is 4.94. The molecule has 3 atom stereocenters. The van der Waals surface area contributed by atoms with Crippen molar-refractivity contribution in [2.45, 2.75) is 89.9 Å². The number of rotatable bonds is 12. The summed E-state index contributed by atoms with van der Waals surface area (Å²) in [4.78, 5) is 37.7. The van der Waals surface area contributed by atoms with Gasteiger partial charge in [0.05, 0.1) is 25.7 Å². The molecule has 3 amide bonds. The summed E-state index contributed by atoms with van der Waals surface area (Å²) in [6.07, 6.45) is 11.8. The SMILES string of the molecule is CC1CN([C@@H](C)COCCN2CCCC2)C(=O)Cc2cc(NC(=O)NC3CCCCC3)ccc2O[C@H]1CN(C)Cc1ccncc1. The monoisotopic (exact) mass is 634 g/mol. The number of anilines is 1. The first-order valence-corrected chi connectivity index (χ1v) is 17.4. The molecule has 10 nitrogen and oxygen atoms in total. The fraction of sp³-hybridized carbons (Fsp3) is 0.639. The van der Waals surface area contributed by atoms with Crippen molar-refractivity contribution in [2.24, 2.45) is 5.92 Å². The fourth-order valence-electron chi connectivity index (χ4n) is 6.94. The number of hydrogen-bond donors (Lipinski definition) is 2. The van der Waals surface area contributed by atoms with Crippen molar-refractivity contribution < 1.29 is 19.1 Å². The van der Waals surface area contributed by atoms with Gasteiger partial charge in [-0.25, -0.2) is 4.79 Å². The molecular formula is C36H54N6O4. The maximum atomic E-state index is 14.0. The molecule has 3 aliphatic rings. The molecule has 1 saturated carbocycles. The molecule has 252 valence electrons. The van der Waals surface area contributed by atoms with Crippen LogP contribution in [0.2, 0.25) is 0 Å². The number of carbonyl (C=O) groups excluding carboxylic acids is 2. The van der Waals surface area contributed by atoms with E-state index < -0.39 is 0 Å². The Morgan fingerprint density at radius 1 is 1.11 bits per heavy atom. The fourth-order valence-corrected chi connectivity index (χ4v) is 6.94. The number of pyridine rings is 1. The zero-order valence-electron chi connectivity index (χ0n) is 28.1. The normalized spacial score (nSPS) is 22.0. The van der Waals surface area contributed by atoms with Gasteiger partial charge in [0.2, 0.25) is 5.91 Å². The second-order valence-electron chi connectivity index (χ2n) is 13.6. The minimum Gasteiger partial charge on any atom is -0.488 e. The smallest absolute Gasteiger partial charge is 0.319 e. The number of amides is 3. The van der Waals surface area contributed by atoms with Crippen molar-refractivity contribution in [3.8, 4) is 5.75 Å². The molecule has 0 bridgehead atoms. The number of carbonyl (C=O) groups is 2. The Morgan fingerprint density at radius 2 is 1.87 bits per heavy atom. The van der Waals surface area contributed by atoms with Crippen LogP contribution in [-0.4, -0.2) is 103 Å². The van der Waals surface area contributed by atoms with Crippen molar-refractivity contribution >= 4 is 17.6 Å². The molecule has 10 heteroatoms. The third-order valence-corrected chi connectivity index (χ3v) is 9.65. The molecule has 2 aliphatic heterocycles. The predicted molar refractivity (Wildman–Crippen MR) is 181 cm³/mol.